The number of anilines is 1. The van der Waals surface area contributed by atoms with Crippen molar-refractivity contribution >= 4 is 11.4 Å². The molecule has 0 aliphatic carbocycles. The number of nitriles is 1. The summed E-state index contributed by atoms with van der Waals surface area (Å²) < 4.78 is 0. The van der Waals surface area contributed by atoms with E-state index in [2.05, 4.69) is 0 Å². The molecule has 1 N–H and O–H groups in total. The summed E-state index contributed by atoms with van der Waals surface area (Å²) in [6.45, 7) is 4.36. The second kappa shape index (κ2) is 6.71. The highest BCUT2D eigenvalue weighted by Gasteiger charge is 2.24. The molecule has 0 fully saturated rings. The van der Waals surface area contributed by atoms with Crippen LogP contribution in [-0.4, -0.2) is 29.2 Å². The van der Waals surface area contributed by atoms with Gasteiger partial charge in [0.15, 0.2) is 0 Å². The van der Waals surface area contributed by atoms with E-state index in [9.17, 15) is 10.1 Å². The summed E-state index contributed by atoms with van der Waals surface area (Å²) in [6.07, 6.45) is 0.520. The van der Waals surface area contributed by atoms with Crippen molar-refractivity contribution < 1.29 is 10.0 Å². The van der Waals surface area contributed by atoms with Crippen molar-refractivity contribution in [2.45, 2.75) is 26.3 Å². The lowest BCUT2D eigenvalue weighted by atomic mass is 10.1. The van der Waals surface area contributed by atoms with Crippen LogP contribution in [0.25, 0.3) is 0 Å². The molecule has 0 saturated heterocycles. The monoisotopic (exact) mass is 263 g/mol. The summed E-state index contributed by atoms with van der Waals surface area (Å²) in [6, 6.07) is 6.60. The van der Waals surface area contributed by atoms with E-state index in [0.717, 1.165) is 0 Å². The van der Waals surface area contributed by atoms with Crippen LogP contribution in [0.4, 0.5) is 11.4 Å². The molecule has 0 saturated carbocycles. The molecular formula is C13H17N3O3. The maximum Gasteiger partial charge on any atom is 0.310 e. The van der Waals surface area contributed by atoms with Gasteiger partial charge in [0.25, 0.3) is 0 Å². The molecule has 0 heterocycles. The fraction of sp³-hybridized carbons (Fsp3) is 0.462. The molecular weight excluding hydrogens is 246 g/mol. The van der Waals surface area contributed by atoms with E-state index in [1.165, 1.54) is 6.07 Å². The van der Waals surface area contributed by atoms with Crippen LogP contribution < -0.4 is 4.90 Å². The summed E-state index contributed by atoms with van der Waals surface area (Å²) in [5, 5.41) is 29.1. The van der Waals surface area contributed by atoms with Gasteiger partial charge in [-0.05, 0) is 32.4 Å². The molecule has 0 atom stereocenters. The average molecular weight is 263 g/mol. The number of nitro benzene ring substituents is 1. The summed E-state index contributed by atoms with van der Waals surface area (Å²) in [5.74, 6) is 0. The van der Waals surface area contributed by atoms with Gasteiger partial charge in [0.1, 0.15) is 17.3 Å². The molecule has 0 amide bonds. The van der Waals surface area contributed by atoms with Crippen molar-refractivity contribution in [2.24, 2.45) is 0 Å². The molecule has 102 valence electrons. The average Bonchev–Trinajstić information content (AvgIpc) is 2.38. The Hall–Kier alpha value is -2.13. The van der Waals surface area contributed by atoms with Gasteiger partial charge in [0.05, 0.1) is 4.92 Å². The largest absolute Gasteiger partial charge is 0.396 e. The van der Waals surface area contributed by atoms with Gasteiger partial charge in [-0.2, -0.15) is 5.26 Å². The first kappa shape index (κ1) is 14.9. The minimum Gasteiger partial charge on any atom is -0.396 e. The molecule has 6 heteroatoms. The highest BCUT2D eigenvalue weighted by Crippen LogP contribution is 2.32. The number of nitro groups is 1. The number of rotatable bonds is 6. The van der Waals surface area contributed by atoms with Crippen molar-refractivity contribution in [3.05, 3.63) is 33.9 Å². The van der Waals surface area contributed by atoms with E-state index in [-0.39, 0.29) is 23.9 Å². The number of benzene rings is 1. The predicted molar refractivity (Wildman–Crippen MR) is 72.0 cm³/mol. The van der Waals surface area contributed by atoms with Gasteiger partial charge < -0.3 is 10.0 Å². The molecule has 0 aliphatic rings. The van der Waals surface area contributed by atoms with E-state index >= 15 is 0 Å². The summed E-state index contributed by atoms with van der Waals surface area (Å²) >= 11 is 0. The first-order valence-electron chi connectivity index (χ1n) is 6.08. The fourth-order valence-electron chi connectivity index (χ4n) is 1.94. The third-order valence-corrected chi connectivity index (χ3v) is 2.81. The van der Waals surface area contributed by atoms with Crippen LogP contribution in [0, 0.1) is 21.4 Å². The number of hydrogen-bond acceptors (Lipinski definition) is 5. The molecule has 19 heavy (non-hydrogen) atoms. The lowest BCUT2D eigenvalue weighted by Crippen LogP contribution is -2.32. The lowest BCUT2D eigenvalue weighted by Gasteiger charge is -2.28. The van der Waals surface area contributed by atoms with Crippen LogP contribution in [0.15, 0.2) is 18.2 Å². The van der Waals surface area contributed by atoms with Crippen LogP contribution >= 0.6 is 0 Å². The molecule has 0 bridgehead atoms. The zero-order valence-electron chi connectivity index (χ0n) is 11.0. The van der Waals surface area contributed by atoms with E-state index in [4.69, 9.17) is 10.4 Å². The molecule has 6 nitrogen and oxygen atoms in total. The van der Waals surface area contributed by atoms with Gasteiger partial charge in [-0.1, -0.05) is 6.07 Å². The predicted octanol–water partition coefficient (Wildman–Crippen LogP) is 2.06. The van der Waals surface area contributed by atoms with Crippen molar-refractivity contribution in [1.29, 1.82) is 5.26 Å². The Labute approximate surface area is 112 Å². The van der Waals surface area contributed by atoms with Gasteiger partial charge in [0.2, 0.25) is 0 Å². The Morgan fingerprint density at radius 1 is 1.53 bits per heavy atom. The number of aliphatic hydroxyl groups is 1. The van der Waals surface area contributed by atoms with E-state index in [1.54, 1.807) is 12.1 Å². The lowest BCUT2D eigenvalue weighted by molar-refractivity contribution is -0.384. The van der Waals surface area contributed by atoms with Crippen molar-refractivity contribution in [3.63, 3.8) is 0 Å². The zero-order valence-corrected chi connectivity index (χ0v) is 11.0. The second-order valence-electron chi connectivity index (χ2n) is 4.41. The molecule has 1 rings (SSSR count). The molecule has 0 aliphatic heterocycles. The summed E-state index contributed by atoms with van der Waals surface area (Å²) in [4.78, 5) is 12.5. The van der Waals surface area contributed by atoms with Crippen LogP contribution in [0.1, 0.15) is 25.8 Å². The fourth-order valence-corrected chi connectivity index (χ4v) is 1.94. The number of hydrogen-bond donors (Lipinski definition) is 1. The van der Waals surface area contributed by atoms with Crippen LogP contribution in [0.5, 0.6) is 0 Å². The highest BCUT2D eigenvalue weighted by molar-refractivity contribution is 5.70. The van der Waals surface area contributed by atoms with Crippen LogP contribution in [0.3, 0.4) is 0 Å². The van der Waals surface area contributed by atoms with Gasteiger partial charge >= 0.3 is 5.69 Å². The smallest absolute Gasteiger partial charge is 0.310 e. The van der Waals surface area contributed by atoms with E-state index in [1.807, 2.05) is 24.8 Å². The van der Waals surface area contributed by atoms with Gasteiger partial charge in [-0.25, -0.2) is 0 Å². The number of nitrogens with zero attached hydrogens (tertiary/aromatic N) is 3. The highest BCUT2D eigenvalue weighted by atomic mass is 16.6. The minimum absolute atomic E-state index is 0.0228. The first-order valence-corrected chi connectivity index (χ1v) is 6.08. The molecule has 1 aromatic carbocycles. The van der Waals surface area contributed by atoms with Crippen molar-refractivity contribution in [2.75, 3.05) is 18.1 Å². The SMILES string of the molecule is CC(C)N(CCCO)c1cccc(C#N)c1[N+](=O)[O-]. The van der Waals surface area contributed by atoms with E-state index < -0.39 is 4.92 Å². The Balaban J connectivity index is 3.30. The Kier molecular flexibility index (Phi) is 5.27. The zero-order chi connectivity index (χ0) is 14.4. The van der Waals surface area contributed by atoms with Crippen LogP contribution in [0.2, 0.25) is 0 Å². The topological polar surface area (TPSA) is 90.4 Å². The van der Waals surface area contributed by atoms with Gasteiger partial charge in [-0.3, -0.25) is 10.1 Å². The summed E-state index contributed by atoms with van der Waals surface area (Å²) in [7, 11) is 0. The number of para-hydroxylation sites is 1. The molecule has 0 radical (unpaired) electrons. The normalized spacial score (nSPS) is 10.3. The molecule has 0 aromatic heterocycles. The Morgan fingerprint density at radius 3 is 2.68 bits per heavy atom. The number of aliphatic hydroxyl groups excluding tert-OH is 1. The van der Waals surface area contributed by atoms with Crippen LogP contribution in [-0.2, 0) is 0 Å². The van der Waals surface area contributed by atoms with E-state index in [0.29, 0.717) is 18.7 Å². The Morgan fingerprint density at radius 2 is 2.21 bits per heavy atom. The van der Waals surface area contributed by atoms with Gasteiger partial charge in [0, 0.05) is 19.2 Å². The molecule has 0 spiro atoms. The maximum atomic E-state index is 11.2. The third kappa shape index (κ3) is 3.42. The Bertz CT molecular complexity index is 494. The standard InChI is InChI=1S/C13H17N3O3/c1-10(2)15(7-4-8-17)12-6-3-5-11(9-14)13(12)16(18)19/h3,5-6,10,17H,4,7-8H2,1-2H3. The van der Waals surface area contributed by atoms with Crippen molar-refractivity contribution in [3.8, 4) is 6.07 Å². The maximum absolute atomic E-state index is 11.2. The third-order valence-electron chi connectivity index (χ3n) is 2.81. The molecule has 0 unspecified atom stereocenters. The second-order valence-corrected chi connectivity index (χ2v) is 4.41. The first-order chi connectivity index (χ1) is 9.02. The van der Waals surface area contributed by atoms with Crippen molar-refractivity contribution in [1.82, 2.24) is 0 Å². The molecule has 1 aromatic rings. The van der Waals surface area contributed by atoms with Gasteiger partial charge in [-0.15, -0.1) is 0 Å². The quantitative estimate of drug-likeness (QED) is 0.626. The summed E-state index contributed by atoms with van der Waals surface area (Å²) in [5.41, 5.74) is 0.307. The minimum atomic E-state index is -0.526.